The number of nitrogens with one attached hydrogen (secondary N) is 1. The van der Waals surface area contributed by atoms with Crippen molar-refractivity contribution in [1.29, 1.82) is 0 Å². The molecule has 3 fully saturated rings. The van der Waals surface area contributed by atoms with Crippen molar-refractivity contribution in [2.75, 3.05) is 69.4 Å². The van der Waals surface area contributed by atoms with E-state index >= 15 is 8.78 Å². The summed E-state index contributed by atoms with van der Waals surface area (Å²) >= 11 is 0. The van der Waals surface area contributed by atoms with Gasteiger partial charge >= 0.3 is 19.9 Å². The summed E-state index contributed by atoms with van der Waals surface area (Å²) in [6.07, 6.45) is 3.58. The molecule has 0 radical (unpaired) electrons. The highest BCUT2D eigenvalue weighted by molar-refractivity contribution is 7.51. The number of carbonyl (C=O) groups is 2. The molecule has 3 aliphatic rings. The van der Waals surface area contributed by atoms with Crippen LogP contribution in [0.15, 0.2) is 12.1 Å². The molecule has 1 atom stereocenters. The molecular formula is C22H27F2N4O7P. The van der Waals surface area contributed by atoms with Crippen LogP contribution >= 0.6 is 7.75 Å². The van der Waals surface area contributed by atoms with Gasteiger partial charge in [0.15, 0.2) is 11.6 Å². The number of ether oxygens (including phenoxy) is 2. The van der Waals surface area contributed by atoms with Crippen LogP contribution in [-0.2, 0) is 23.1 Å². The maximum Gasteiger partial charge on any atom is 0.414 e. The van der Waals surface area contributed by atoms with Crippen molar-refractivity contribution in [1.82, 2.24) is 9.99 Å². The topological polar surface area (TPSA) is 110 Å². The van der Waals surface area contributed by atoms with E-state index in [-0.39, 0.29) is 69.8 Å². The summed E-state index contributed by atoms with van der Waals surface area (Å²) in [6, 6.07) is 2.12. The van der Waals surface area contributed by atoms with Crippen LogP contribution in [0.1, 0.15) is 6.42 Å². The first-order valence-corrected chi connectivity index (χ1v) is 12.9. The smallest absolute Gasteiger partial charge is 0.414 e. The van der Waals surface area contributed by atoms with Gasteiger partial charge in [-0.05, 0) is 0 Å². The van der Waals surface area contributed by atoms with E-state index in [1.165, 1.54) is 12.0 Å². The lowest BCUT2D eigenvalue weighted by molar-refractivity contribution is 0.0660. The van der Waals surface area contributed by atoms with Crippen LogP contribution in [0.3, 0.4) is 0 Å². The van der Waals surface area contributed by atoms with Gasteiger partial charge in [0, 0.05) is 50.7 Å². The van der Waals surface area contributed by atoms with Crippen molar-refractivity contribution in [3.8, 4) is 12.3 Å². The molecule has 2 amide bonds. The fourth-order valence-electron chi connectivity index (χ4n) is 4.21. The number of hydrogen-bond acceptors (Lipinski definition) is 8. The molecule has 0 unspecified atom stereocenters. The van der Waals surface area contributed by atoms with Gasteiger partial charge in [0.25, 0.3) is 0 Å². The SMILES string of the molecule is C#CCC1COP(=O)(N2CCN(c3c(F)cc(N4C[C@H](CNC(=O)OC)OC4=O)cc3F)CC2)OC1. The summed E-state index contributed by atoms with van der Waals surface area (Å²) < 4.78 is 65.3. The minimum atomic E-state index is -3.48. The Hall–Kier alpha value is -2.91. The summed E-state index contributed by atoms with van der Waals surface area (Å²) in [7, 11) is -2.28. The van der Waals surface area contributed by atoms with E-state index in [2.05, 4.69) is 16.0 Å². The molecule has 3 aliphatic heterocycles. The van der Waals surface area contributed by atoms with Gasteiger partial charge < -0.3 is 19.7 Å². The number of amides is 2. The van der Waals surface area contributed by atoms with Gasteiger partial charge in [-0.2, -0.15) is 0 Å². The monoisotopic (exact) mass is 528 g/mol. The molecule has 1 aromatic rings. The molecule has 0 bridgehead atoms. The molecule has 196 valence electrons. The zero-order chi connectivity index (χ0) is 25.9. The first kappa shape index (κ1) is 26.2. The van der Waals surface area contributed by atoms with E-state index in [0.29, 0.717) is 6.42 Å². The standard InChI is InChI=1S/C22H27F2N4O7P/c1-3-4-15-13-33-36(31,34-14-15)27-7-5-26(6-8-27)20-18(23)9-16(10-19(20)24)28-12-17(35-22(28)30)11-25-21(29)32-2/h1,9-10,15,17H,4-8,11-14H2,2H3,(H,25,29)/t15?,17-,36?/m0/s1. The maximum absolute atomic E-state index is 15.0. The second kappa shape index (κ2) is 11.0. The number of cyclic esters (lactones) is 1. The van der Waals surface area contributed by atoms with Gasteiger partial charge in [0.2, 0.25) is 0 Å². The molecular weight excluding hydrogens is 501 g/mol. The molecule has 0 spiro atoms. The summed E-state index contributed by atoms with van der Waals surface area (Å²) in [5.41, 5.74) is -0.249. The van der Waals surface area contributed by atoms with Crippen LogP contribution in [-0.4, -0.2) is 82.6 Å². The van der Waals surface area contributed by atoms with Crippen molar-refractivity contribution in [3.63, 3.8) is 0 Å². The number of rotatable bonds is 6. The fraction of sp³-hybridized carbons (Fsp3) is 0.545. The number of piperazine rings is 1. The van der Waals surface area contributed by atoms with Gasteiger partial charge in [0.05, 0.1) is 39.1 Å². The molecule has 0 aliphatic carbocycles. The van der Waals surface area contributed by atoms with Gasteiger partial charge in [-0.1, -0.05) is 0 Å². The van der Waals surface area contributed by atoms with E-state index in [9.17, 15) is 14.2 Å². The Morgan fingerprint density at radius 1 is 1.22 bits per heavy atom. The Morgan fingerprint density at radius 3 is 2.44 bits per heavy atom. The van der Waals surface area contributed by atoms with E-state index in [0.717, 1.165) is 17.0 Å². The highest BCUT2D eigenvalue weighted by Gasteiger charge is 2.41. The van der Waals surface area contributed by atoms with E-state index in [4.69, 9.17) is 20.2 Å². The first-order chi connectivity index (χ1) is 17.2. The van der Waals surface area contributed by atoms with Gasteiger partial charge in [0.1, 0.15) is 11.8 Å². The lowest BCUT2D eigenvalue weighted by Crippen LogP contribution is -2.46. The minimum absolute atomic E-state index is 0.00276. The molecule has 1 N–H and O–H groups in total. The largest absolute Gasteiger partial charge is 0.453 e. The predicted octanol–water partition coefficient (Wildman–Crippen LogP) is 2.56. The zero-order valence-electron chi connectivity index (χ0n) is 19.7. The Bertz CT molecular complexity index is 1060. The normalized spacial score (nSPS) is 26.9. The number of benzene rings is 1. The Morgan fingerprint density at radius 2 is 1.86 bits per heavy atom. The number of anilines is 2. The van der Waals surface area contributed by atoms with Crippen LogP contribution in [0.2, 0.25) is 0 Å². The fourth-order valence-corrected chi connectivity index (χ4v) is 6.08. The molecule has 11 nitrogen and oxygen atoms in total. The third-order valence-electron chi connectivity index (χ3n) is 6.12. The van der Waals surface area contributed by atoms with Gasteiger partial charge in [-0.3, -0.25) is 13.9 Å². The quantitative estimate of drug-likeness (QED) is 0.440. The number of carbonyl (C=O) groups excluding carboxylic acids is 2. The average Bonchev–Trinajstić information content (AvgIpc) is 3.24. The Balaban J connectivity index is 1.37. The average molecular weight is 528 g/mol. The van der Waals surface area contributed by atoms with Crippen molar-refractivity contribution in [2.45, 2.75) is 12.5 Å². The van der Waals surface area contributed by atoms with Crippen LogP contribution in [0.5, 0.6) is 0 Å². The lowest BCUT2D eigenvalue weighted by Gasteiger charge is -2.40. The highest BCUT2D eigenvalue weighted by atomic mass is 31.2. The van der Waals surface area contributed by atoms with Crippen LogP contribution in [0, 0.1) is 29.9 Å². The van der Waals surface area contributed by atoms with Crippen LogP contribution < -0.4 is 15.1 Å². The molecule has 0 aromatic heterocycles. The number of methoxy groups -OCH3 is 1. The van der Waals surface area contributed by atoms with E-state index < -0.39 is 37.7 Å². The van der Waals surface area contributed by atoms with E-state index in [1.807, 2.05) is 0 Å². The highest BCUT2D eigenvalue weighted by Crippen LogP contribution is 2.55. The molecule has 0 saturated carbocycles. The van der Waals surface area contributed by atoms with Gasteiger partial charge in [-0.15, -0.1) is 12.3 Å². The maximum atomic E-state index is 15.0. The molecule has 3 saturated heterocycles. The second-order valence-electron chi connectivity index (χ2n) is 8.52. The molecule has 36 heavy (non-hydrogen) atoms. The third-order valence-corrected chi connectivity index (χ3v) is 8.16. The van der Waals surface area contributed by atoms with Crippen molar-refractivity contribution in [2.24, 2.45) is 5.92 Å². The van der Waals surface area contributed by atoms with Crippen molar-refractivity contribution < 1.29 is 41.5 Å². The number of terminal acetylenes is 1. The summed E-state index contributed by atoms with van der Waals surface area (Å²) in [6.45, 7) is 1.24. The third kappa shape index (κ3) is 5.57. The van der Waals surface area contributed by atoms with Crippen LogP contribution in [0.4, 0.5) is 29.7 Å². The number of alkyl carbamates (subject to hydrolysis) is 1. The summed E-state index contributed by atoms with van der Waals surface area (Å²) in [5, 5.41) is 2.41. The van der Waals surface area contributed by atoms with Gasteiger partial charge in [-0.25, -0.2) is 27.6 Å². The molecule has 14 heteroatoms. The Kier molecular flexibility index (Phi) is 8.00. The second-order valence-corrected chi connectivity index (χ2v) is 10.5. The first-order valence-electron chi connectivity index (χ1n) is 11.4. The lowest BCUT2D eigenvalue weighted by atomic mass is 10.1. The zero-order valence-corrected chi connectivity index (χ0v) is 20.5. The predicted molar refractivity (Wildman–Crippen MR) is 125 cm³/mol. The van der Waals surface area contributed by atoms with Crippen molar-refractivity contribution in [3.05, 3.63) is 23.8 Å². The molecule has 1 aromatic carbocycles. The Labute approximate surface area is 207 Å². The summed E-state index contributed by atoms with van der Waals surface area (Å²) in [5.74, 6) is 0.805. The minimum Gasteiger partial charge on any atom is -0.453 e. The van der Waals surface area contributed by atoms with Crippen molar-refractivity contribution >= 4 is 31.3 Å². The van der Waals surface area contributed by atoms with Crippen LogP contribution in [0.25, 0.3) is 0 Å². The number of hydrogen-bond donors (Lipinski definition) is 1. The molecule has 4 rings (SSSR count). The number of halogens is 2. The number of nitrogens with zero attached hydrogens (tertiary/aromatic N) is 3. The summed E-state index contributed by atoms with van der Waals surface area (Å²) in [4.78, 5) is 26.0. The van der Waals surface area contributed by atoms with E-state index in [1.54, 1.807) is 4.67 Å². The molecule has 3 heterocycles.